The number of rotatable bonds is 4. The second-order valence-electron chi connectivity index (χ2n) is 10.3. The molecule has 5 rings (SSSR count). The number of aromatic nitrogens is 4. The lowest BCUT2D eigenvalue weighted by atomic mass is 9.88. The molecule has 0 bridgehead atoms. The molecule has 0 aromatic carbocycles. The number of pyridine rings is 1. The van der Waals surface area contributed by atoms with Crippen molar-refractivity contribution in [1.29, 1.82) is 0 Å². The van der Waals surface area contributed by atoms with Crippen molar-refractivity contribution < 1.29 is 22.8 Å². The smallest absolute Gasteiger partial charge is 0.382 e. The Bertz CT molecular complexity index is 1380. The summed E-state index contributed by atoms with van der Waals surface area (Å²) in [4.78, 5) is 36.2. The second kappa shape index (κ2) is 9.88. The van der Waals surface area contributed by atoms with E-state index in [1.165, 1.54) is 18.7 Å². The number of carbonyl (C=O) groups excluding carboxylic acids is 2. The highest BCUT2D eigenvalue weighted by Gasteiger charge is 2.38. The minimum Gasteiger partial charge on any atom is -0.382 e. The Kier molecular flexibility index (Phi) is 6.74. The number of amides is 2. The molecule has 38 heavy (non-hydrogen) atoms. The van der Waals surface area contributed by atoms with Crippen LogP contribution in [0, 0.1) is 18.8 Å². The number of carbonyl (C=O) groups is 2. The molecule has 12 heteroatoms. The van der Waals surface area contributed by atoms with Crippen LogP contribution in [0.5, 0.6) is 0 Å². The fourth-order valence-electron chi connectivity index (χ4n) is 5.58. The topological polar surface area (TPSA) is 119 Å². The fraction of sp³-hybridized carbons (Fsp3) is 0.500. The Balaban J connectivity index is 1.39. The van der Waals surface area contributed by atoms with Gasteiger partial charge in [0, 0.05) is 30.8 Å². The van der Waals surface area contributed by atoms with Gasteiger partial charge in [0.15, 0.2) is 5.82 Å². The monoisotopic (exact) mass is 529 g/mol. The summed E-state index contributed by atoms with van der Waals surface area (Å²) in [6.07, 6.45) is 2.94. The number of halogens is 3. The van der Waals surface area contributed by atoms with Gasteiger partial charge in [0.25, 0.3) is 5.91 Å². The number of nitrogens with zero attached hydrogens (tertiary/aromatic N) is 5. The van der Waals surface area contributed by atoms with Crippen LogP contribution in [-0.4, -0.2) is 55.4 Å². The average molecular weight is 530 g/mol. The molecule has 1 saturated carbocycles. The number of alkyl halides is 3. The zero-order valence-corrected chi connectivity index (χ0v) is 21.3. The van der Waals surface area contributed by atoms with Crippen LogP contribution in [0.25, 0.3) is 16.8 Å². The number of fused-ring (bicyclic) bond motifs is 1. The van der Waals surface area contributed by atoms with Gasteiger partial charge in [-0.1, -0.05) is 26.2 Å². The molecule has 0 unspecified atom stereocenters. The minimum absolute atomic E-state index is 0.0600. The number of hydrogen-bond donors (Lipinski definition) is 2. The number of nitrogen functional groups attached to an aromatic ring is 1. The molecular weight excluding hydrogens is 499 g/mol. The van der Waals surface area contributed by atoms with Crippen molar-refractivity contribution >= 4 is 23.1 Å². The number of aryl methyl sites for hydroxylation is 1. The Morgan fingerprint density at radius 2 is 1.84 bits per heavy atom. The van der Waals surface area contributed by atoms with E-state index >= 15 is 0 Å². The number of nitrogens with two attached hydrogens (primary N) is 1. The lowest BCUT2D eigenvalue weighted by Crippen LogP contribution is -2.41. The number of hydrogen-bond acceptors (Lipinski definition) is 6. The third kappa shape index (κ3) is 4.79. The van der Waals surface area contributed by atoms with Crippen molar-refractivity contribution in [2.75, 3.05) is 18.8 Å². The van der Waals surface area contributed by atoms with E-state index in [2.05, 4.69) is 20.4 Å². The van der Waals surface area contributed by atoms with Gasteiger partial charge in [0.05, 0.1) is 28.6 Å². The van der Waals surface area contributed by atoms with Crippen molar-refractivity contribution in [2.45, 2.75) is 58.2 Å². The summed E-state index contributed by atoms with van der Waals surface area (Å²) in [5.74, 6) is -0.419. The molecule has 1 aliphatic heterocycles. The number of anilines is 1. The highest BCUT2D eigenvalue weighted by Crippen LogP contribution is 2.38. The maximum Gasteiger partial charge on any atom is 0.418 e. The van der Waals surface area contributed by atoms with Gasteiger partial charge < -0.3 is 16.0 Å². The average Bonchev–Trinajstić information content (AvgIpc) is 3.46. The molecule has 2 atom stereocenters. The van der Waals surface area contributed by atoms with Crippen LogP contribution in [0.4, 0.5) is 19.0 Å². The molecule has 1 saturated heterocycles. The SMILES string of the molecule is Cc1ncc(-c2cc(C(F)(F)F)c3c(N)ncnn23)cc1C(=O)N[C@@H]1CN(C(=O)C2CCCCC2)C[C@@H]1C. The number of likely N-dealkylation sites (tertiary alicyclic amines) is 1. The van der Waals surface area contributed by atoms with Crippen LogP contribution >= 0.6 is 0 Å². The molecule has 3 aromatic heterocycles. The molecule has 0 spiro atoms. The highest BCUT2D eigenvalue weighted by molar-refractivity contribution is 5.96. The molecule has 1 aliphatic carbocycles. The normalized spacial score (nSPS) is 20.7. The predicted molar refractivity (Wildman–Crippen MR) is 134 cm³/mol. The zero-order chi connectivity index (χ0) is 27.2. The third-order valence-electron chi connectivity index (χ3n) is 7.71. The standard InChI is InChI=1S/C26H30F3N7O2/c1-14-11-35(25(38)16-6-4-3-5-7-16)12-20(14)34-24(37)18-8-17(10-31-15(18)2)21-9-19(26(27,28)29)22-23(30)32-13-33-36(21)22/h8-10,13-14,16,20H,3-7,11-12H2,1-2H3,(H,34,37)(H2,30,32,33)/t14-,20+/m0/s1. The van der Waals surface area contributed by atoms with Gasteiger partial charge in [-0.3, -0.25) is 14.6 Å². The Morgan fingerprint density at radius 1 is 1.11 bits per heavy atom. The van der Waals surface area contributed by atoms with Gasteiger partial charge in [-0.05, 0) is 37.8 Å². The largest absolute Gasteiger partial charge is 0.418 e. The van der Waals surface area contributed by atoms with Crippen molar-refractivity contribution in [3.8, 4) is 11.3 Å². The molecule has 3 aromatic rings. The molecule has 202 valence electrons. The molecule has 3 N–H and O–H groups in total. The fourth-order valence-corrected chi connectivity index (χ4v) is 5.58. The van der Waals surface area contributed by atoms with E-state index in [9.17, 15) is 22.8 Å². The quantitative estimate of drug-likeness (QED) is 0.530. The van der Waals surface area contributed by atoms with Gasteiger partial charge in [0.2, 0.25) is 5.91 Å². The van der Waals surface area contributed by atoms with Gasteiger partial charge >= 0.3 is 6.18 Å². The van der Waals surface area contributed by atoms with Crippen molar-refractivity contribution in [2.24, 2.45) is 11.8 Å². The maximum absolute atomic E-state index is 13.7. The first-order valence-electron chi connectivity index (χ1n) is 12.8. The molecule has 9 nitrogen and oxygen atoms in total. The van der Waals surface area contributed by atoms with E-state index < -0.39 is 17.6 Å². The van der Waals surface area contributed by atoms with Crippen LogP contribution in [0.3, 0.4) is 0 Å². The van der Waals surface area contributed by atoms with Gasteiger partial charge in [0.1, 0.15) is 11.8 Å². The summed E-state index contributed by atoms with van der Waals surface area (Å²) in [6.45, 7) is 4.67. The highest BCUT2D eigenvalue weighted by atomic mass is 19.4. The van der Waals surface area contributed by atoms with Crippen LogP contribution in [0.15, 0.2) is 24.7 Å². The first-order valence-corrected chi connectivity index (χ1v) is 12.8. The summed E-state index contributed by atoms with van der Waals surface area (Å²) in [5, 5.41) is 6.99. The summed E-state index contributed by atoms with van der Waals surface area (Å²) in [7, 11) is 0. The molecule has 0 radical (unpaired) electrons. The Hall–Kier alpha value is -3.70. The van der Waals surface area contributed by atoms with Gasteiger partial charge in [-0.15, -0.1) is 0 Å². The summed E-state index contributed by atoms with van der Waals surface area (Å²) < 4.78 is 42.3. The van der Waals surface area contributed by atoms with Crippen molar-refractivity contribution in [1.82, 2.24) is 29.8 Å². The van der Waals surface area contributed by atoms with Gasteiger partial charge in [-0.2, -0.15) is 18.3 Å². The zero-order valence-electron chi connectivity index (χ0n) is 21.3. The van der Waals surface area contributed by atoms with Crippen molar-refractivity contribution in [3.63, 3.8) is 0 Å². The lowest BCUT2D eigenvalue weighted by Gasteiger charge is -2.26. The molecule has 2 amide bonds. The molecule has 4 heterocycles. The second-order valence-corrected chi connectivity index (χ2v) is 10.3. The first-order chi connectivity index (χ1) is 18.0. The molecule has 2 fully saturated rings. The van der Waals surface area contributed by atoms with Crippen LogP contribution in [-0.2, 0) is 11.0 Å². The minimum atomic E-state index is -4.68. The van der Waals surface area contributed by atoms with E-state index in [-0.39, 0.29) is 51.9 Å². The van der Waals surface area contributed by atoms with E-state index in [4.69, 9.17) is 5.73 Å². The number of nitrogens with one attached hydrogen (secondary N) is 1. The summed E-state index contributed by atoms with van der Waals surface area (Å²) >= 11 is 0. The Labute approximate surface area is 217 Å². The predicted octanol–water partition coefficient (Wildman–Crippen LogP) is 3.86. The van der Waals surface area contributed by atoms with E-state index in [1.807, 2.05) is 11.8 Å². The van der Waals surface area contributed by atoms with Crippen LogP contribution in [0.2, 0.25) is 0 Å². The maximum atomic E-state index is 13.7. The van der Waals surface area contributed by atoms with E-state index in [1.54, 1.807) is 6.92 Å². The Morgan fingerprint density at radius 3 is 2.55 bits per heavy atom. The first kappa shape index (κ1) is 25.9. The summed E-state index contributed by atoms with van der Waals surface area (Å²) in [5.41, 5.74) is 5.45. The van der Waals surface area contributed by atoms with Crippen LogP contribution < -0.4 is 11.1 Å². The van der Waals surface area contributed by atoms with Crippen LogP contribution in [0.1, 0.15) is 60.6 Å². The van der Waals surface area contributed by atoms with E-state index in [0.717, 1.165) is 42.6 Å². The molecule has 2 aliphatic rings. The lowest BCUT2D eigenvalue weighted by molar-refractivity contribution is -0.136. The molecular formula is C26H30F3N7O2. The van der Waals surface area contributed by atoms with E-state index in [0.29, 0.717) is 18.8 Å². The van der Waals surface area contributed by atoms with Crippen molar-refractivity contribution in [3.05, 3.63) is 41.5 Å². The third-order valence-corrected chi connectivity index (χ3v) is 7.71. The summed E-state index contributed by atoms with van der Waals surface area (Å²) in [6, 6.07) is 2.20. The van der Waals surface area contributed by atoms with Gasteiger partial charge in [-0.25, -0.2) is 9.50 Å².